The maximum atomic E-state index is 11.9. The maximum absolute atomic E-state index is 11.9. The number of ketones is 1. The van der Waals surface area contributed by atoms with E-state index in [4.69, 9.17) is 4.74 Å². The molecule has 4 nitrogen and oxygen atoms in total. The first-order valence-corrected chi connectivity index (χ1v) is 6.93. The van der Waals surface area contributed by atoms with Crippen LogP contribution in [0.5, 0.6) is 5.75 Å². The monoisotopic (exact) mass is 293 g/mol. The van der Waals surface area contributed by atoms with E-state index in [0.717, 1.165) is 16.5 Å². The van der Waals surface area contributed by atoms with Crippen molar-refractivity contribution >= 4 is 23.0 Å². The third-order valence-corrected chi connectivity index (χ3v) is 3.66. The smallest absolute Gasteiger partial charge is 0.227 e. The maximum Gasteiger partial charge on any atom is 0.227 e. The minimum Gasteiger partial charge on any atom is -0.497 e. The average molecular weight is 293 g/mol. The van der Waals surface area contributed by atoms with Crippen molar-refractivity contribution in [3.63, 3.8) is 0 Å². The molecule has 0 bridgehead atoms. The molecule has 0 unspecified atom stereocenters. The number of Topliss-reactive ketones (excluding diaryl/α,β-unsaturated/α-hetero) is 1. The molecule has 0 aliphatic carbocycles. The summed E-state index contributed by atoms with van der Waals surface area (Å²) in [6.45, 7) is 0.635. The average Bonchev–Trinajstić information content (AvgIpc) is 2.93. The number of ether oxygens (including phenoxy) is 1. The Labute approximate surface area is 127 Å². The van der Waals surface area contributed by atoms with Crippen LogP contribution < -0.4 is 4.74 Å². The Kier molecular flexibility index (Phi) is 3.74. The van der Waals surface area contributed by atoms with E-state index in [9.17, 15) is 9.59 Å². The summed E-state index contributed by atoms with van der Waals surface area (Å²) in [5.74, 6) is 0.134. The number of rotatable bonds is 5. The summed E-state index contributed by atoms with van der Waals surface area (Å²) in [5.41, 5.74) is 2.43. The Morgan fingerprint density at radius 3 is 2.64 bits per heavy atom. The van der Waals surface area contributed by atoms with Crippen molar-refractivity contribution in [3.8, 4) is 5.75 Å². The van der Waals surface area contributed by atoms with E-state index in [-0.39, 0.29) is 0 Å². The number of hydrogen-bond donors (Lipinski definition) is 0. The molecule has 3 rings (SSSR count). The quantitative estimate of drug-likeness (QED) is 0.412. The molecule has 0 spiro atoms. The molecule has 1 aromatic heterocycles. The lowest BCUT2D eigenvalue weighted by Crippen LogP contribution is -2.00. The number of carbonyl (C=O) groups excluding carboxylic acids is 2. The van der Waals surface area contributed by atoms with Crippen molar-refractivity contribution in [2.24, 2.45) is 0 Å². The zero-order chi connectivity index (χ0) is 15.5. The molecule has 0 aliphatic rings. The topological polar surface area (TPSA) is 48.3 Å². The number of carbonyl (C=O) groups is 2. The van der Waals surface area contributed by atoms with E-state index < -0.39 is 5.78 Å². The van der Waals surface area contributed by atoms with Crippen molar-refractivity contribution < 1.29 is 14.3 Å². The molecule has 0 saturated carbocycles. The van der Waals surface area contributed by atoms with Crippen LogP contribution in [0.1, 0.15) is 15.9 Å². The largest absolute Gasteiger partial charge is 0.497 e. The Hall–Kier alpha value is -2.88. The summed E-state index contributed by atoms with van der Waals surface area (Å²) >= 11 is 0. The van der Waals surface area contributed by atoms with Gasteiger partial charge in [0.15, 0.2) is 6.29 Å². The third-order valence-electron chi connectivity index (χ3n) is 3.66. The molecular weight excluding hydrogens is 278 g/mol. The van der Waals surface area contributed by atoms with Crippen LogP contribution in [0.25, 0.3) is 10.9 Å². The van der Waals surface area contributed by atoms with E-state index in [2.05, 4.69) is 0 Å². The molecule has 2 aromatic carbocycles. The summed E-state index contributed by atoms with van der Waals surface area (Å²) in [6, 6.07) is 15.5. The molecule has 0 atom stereocenters. The summed E-state index contributed by atoms with van der Waals surface area (Å²) < 4.78 is 7.18. The Morgan fingerprint density at radius 2 is 1.95 bits per heavy atom. The first kappa shape index (κ1) is 14.1. The minimum absolute atomic E-state index is 0.348. The van der Waals surface area contributed by atoms with Gasteiger partial charge < -0.3 is 9.30 Å². The van der Waals surface area contributed by atoms with Crippen LogP contribution >= 0.6 is 0 Å². The first-order chi connectivity index (χ1) is 10.7. The van der Waals surface area contributed by atoms with Gasteiger partial charge in [0.1, 0.15) is 5.75 Å². The van der Waals surface area contributed by atoms with Gasteiger partial charge in [-0.05, 0) is 23.8 Å². The van der Waals surface area contributed by atoms with Crippen molar-refractivity contribution in [2.75, 3.05) is 7.11 Å². The number of benzene rings is 2. The first-order valence-electron chi connectivity index (χ1n) is 6.93. The highest BCUT2D eigenvalue weighted by molar-refractivity contribution is 6.36. The molecule has 0 aliphatic heterocycles. The molecule has 0 saturated heterocycles. The number of hydrogen-bond acceptors (Lipinski definition) is 3. The number of nitrogens with zero attached hydrogens (tertiary/aromatic N) is 1. The third kappa shape index (κ3) is 2.51. The van der Waals surface area contributed by atoms with Gasteiger partial charge in [-0.15, -0.1) is 0 Å². The predicted molar refractivity (Wildman–Crippen MR) is 84.4 cm³/mol. The highest BCUT2D eigenvalue weighted by atomic mass is 16.5. The van der Waals surface area contributed by atoms with E-state index >= 15 is 0 Å². The Bertz CT molecular complexity index is 834. The second-order valence-electron chi connectivity index (χ2n) is 5.02. The lowest BCUT2D eigenvalue weighted by molar-refractivity contribution is -0.104. The van der Waals surface area contributed by atoms with Crippen molar-refractivity contribution in [2.45, 2.75) is 6.54 Å². The van der Waals surface area contributed by atoms with Gasteiger partial charge in [-0.3, -0.25) is 9.59 Å². The van der Waals surface area contributed by atoms with Crippen LogP contribution in [-0.4, -0.2) is 23.7 Å². The lowest BCUT2D eigenvalue weighted by Gasteiger charge is -2.06. The van der Waals surface area contributed by atoms with Crippen molar-refractivity contribution in [1.82, 2.24) is 4.57 Å². The fraction of sp³-hybridized carbons (Fsp3) is 0.111. The van der Waals surface area contributed by atoms with Gasteiger partial charge in [0, 0.05) is 23.6 Å². The number of methoxy groups -OCH3 is 1. The molecule has 0 amide bonds. The van der Waals surface area contributed by atoms with Crippen LogP contribution in [0.15, 0.2) is 54.7 Å². The number of fused-ring (bicyclic) bond motifs is 1. The van der Waals surface area contributed by atoms with Crippen LogP contribution in [0.2, 0.25) is 0 Å². The van der Waals surface area contributed by atoms with Crippen molar-refractivity contribution in [3.05, 3.63) is 65.9 Å². The zero-order valence-electron chi connectivity index (χ0n) is 12.2. The van der Waals surface area contributed by atoms with E-state index in [1.807, 2.05) is 47.0 Å². The minimum atomic E-state index is -0.523. The summed E-state index contributed by atoms with van der Waals surface area (Å²) in [4.78, 5) is 22.8. The van der Waals surface area contributed by atoms with Crippen LogP contribution in [0.4, 0.5) is 0 Å². The van der Waals surface area contributed by atoms with Crippen LogP contribution in [0.3, 0.4) is 0 Å². The highest BCUT2D eigenvalue weighted by Crippen LogP contribution is 2.27. The summed E-state index contributed by atoms with van der Waals surface area (Å²) in [5, 5.41) is 0.729. The molecule has 1 heterocycles. The van der Waals surface area contributed by atoms with Gasteiger partial charge in [0.25, 0.3) is 0 Å². The second-order valence-corrected chi connectivity index (χ2v) is 5.02. The molecule has 0 radical (unpaired) electrons. The molecule has 0 N–H and O–H groups in total. The lowest BCUT2D eigenvalue weighted by atomic mass is 10.1. The molecular formula is C18H15NO3. The van der Waals surface area contributed by atoms with Crippen LogP contribution in [-0.2, 0) is 11.3 Å². The van der Waals surface area contributed by atoms with Crippen LogP contribution in [0, 0.1) is 0 Å². The molecule has 22 heavy (non-hydrogen) atoms. The van der Waals surface area contributed by atoms with E-state index in [0.29, 0.717) is 24.1 Å². The Balaban J connectivity index is 2.14. The number of aromatic nitrogens is 1. The standard InChI is InChI=1S/C18H15NO3/c1-22-14-7-8-17-15(9-14)16(18(21)12-20)11-19(17)10-13-5-3-2-4-6-13/h2-9,11-12H,10H2,1H3. The molecule has 0 fully saturated rings. The van der Waals surface area contributed by atoms with E-state index in [1.54, 1.807) is 19.4 Å². The molecule has 4 heteroatoms. The number of aldehydes is 1. The second kappa shape index (κ2) is 5.85. The van der Waals surface area contributed by atoms with Crippen molar-refractivity contribution in [1.29, 1.82) is 0 Å². The van der Waals surface area contributed by atoms with Gasteiger partial charge in [-0.25, -0.2) is 0 Å². The Morgan fingerprint density at radius 1 is 1.18 bits per heavy atom. The summed E-state index contributed by atoms with van der Waals surface area (Å²) in [7, 11) is 1.57. The molecule has 3 aromatic rings. The zero-order valence-corrected chi connectivity index (χ0v) is 12.2. The van der Waals surface area contributed by atoms with Gasteiger partial charge in [-0.1, -0.05) is 30.3 Å². The van der Waals surface area contributed by atoms with E-state index in [1.165, 1.54) is 0 Å². The normalized spacial score (nSPS) is 10.6. The fourth-order valence-electron chi connectivity index (χ4n) is 2.57. The van der Waals surface area contributed by atoms with Gasteiger partial charge >= 0.3 is 0 Å². The SMILES string of the molecule is COc1ccc2c(c1)c(C(=O)C=O)cn2Cc1ccccc1. The molecule has 110 valence electrons. The summed E-state index contributed by atoms with van der Waals surface area (Å²) in [6.07, 6.45) is 2.08. The highest BCUT2D eigenvalue weighted by Gasteiger charge is 2.15. The van der Waals surface area contributed by atoms with Gasteiger partial charge in [-0.2, -0.15) is 0 Å². The van der Waals surface area contributed by atoms with Gasteiger partial charge in [0.05, 0.1) is 12.7 Å². The van der Waals surface area contributed by atoms with Gasteiger partial charge in [0.2, 0.25) is 5.78 Å². The fourth-order valence-corrected chi connectivity index (χ4v) is 2.57. The predicted octanol–water partition coefficient (Wildman–Crippen LogP) is 3.08.